The van der Waals surface area contributed by atoms with E-state index in [9.17, 15) is 19.8 Å². The molecule has 1 heterocycles. The van der Waals surface area contributed by atoms with Gasteiger partial charge in [0.05, 0.1) is 17.5 Å². The molecule has 0 atom stereocenters. The van der Waals surface area contributed by atoms with E-state index in [0.717, 1.165) is 11.8 Å². The van der Waals surface area contributed by atoms with Crippen LogP contribution in [0.5, 0.6) is 11.6 Å². The number of carbonyl (C=O) groups excluding carboxylic acids is 1. The number of aromatic amines is 1. The maximum Gasteiger partial charge on any atom is 0.275 e. The second-order valence-electron chi connectivity index (χ2n) is 5.89. The fourth-order valence-corrected chi connectivity index (χ4v) is 2.83. The third-order valence-corrected chi connectivity index (χ3v) is 4.17. The van der Waals surface area contributed by atoms with Gasteiger partial charge in [-0.15, -0.1) is 0 Å². The third kappa shape index (κ3) is 3.84. The van der Waals surface area contributed by atoms with Gasteiger partial charge in [-0.3, -0.25) is 19.1 Å². The van der Waals surface area contributed by atoms with Crippen molar-refractivity contribution in [3.63, 3.8) is 0 Å². The number of phenolic OH excluding ortho intramolecular Hbond substituents is 1. The topological polar surface area (TPSA) is 120 Å². The number of aromatic hydroxyl groups is 2. The van der Waals surface area contributed by atoms with E-state index >= 15 is 0 Å². The van der Waals surface area contributed by atoms with E-state index in [4.69, 9.17) is 12.2 Å². The van der Waals surface area contributed by atoms with Crippen LogP contribution < -0.4 is 11.0 Å². The fourth-order valence-electron chi connectivity index (χ4n) is 2.54. The van der Waals surface area contributed by atoms with Gasteiger partial charge >= 0.3 is 0 Å². The van der Waals surface area contributed by atoms with Gasteiger partial charge in [0, 0.05) is 0 Å². The van der Waals surface area contributed by atoms with Crippen molar-refractivity contribution in [2.75, 3.05) is 0 Å². The average Bonchev–Trinajstić information content (AvgIpc) is 2.64. The van der Waals surface area contributed by atoms with Crippen LogP contribution >= 0.6 is 12.2 Å². The highest BCUT2D eigenvalue weighted by atomic mass is 32.1. The number of benzene rings is 2. The number of nitrogens with one attached hydrogen (secondary N) is 2. The summed E-state index contributed by atoms with van der Waals surface area (Å²) in [5.74, 6) is -1.29. The Morgan fingerprint density at radius 1 is 1.21 bits per heavy atom. The zero-order valence-corrected chi connectivity index (χ0v) is 15.5. The summed E-state index contributed by atoms with van der Waals surface area (Å²) in [6.45, 7) is 1.88. The molecule has 0 saturated carbocycles. The molecule has 2 aromatic carbocycles. The maximum absolute atomic E-state index is 12.2. The number of rotatable bonds is 4. The quantitative estimate of drug-likeness (QED) is 0.307. The molecule has 3 aromatic rings. The molecule has 9 heteroatoms. The van der Waals surface area contributed by atoms with Crippen LogP contribution in [0.25, 0.3) is 5.69 Å². The monoisotopic (exact) mass is 396 g/mol. The zero-order chi connectivity index (χ0) is 20.3. The minimum Gasteiger partial charge on any atom is -0.507 e. The molecule has 0 radical (unpaired) electrons. The molecule has 8 nitrogen and oxygen atoms in total. The molecule has 0 saturated heterocycles. The number of para-hydroxylation sites is 1. The highest BCUT2D eigenvalue weighted by molar-refractivity contribution is 7.71. The zero-order valence-electron chi connectivity index (χ0n) is 14.7. The number of amides is 1. The number of H-pyrrole nitrogens is 1. The minimum absolute atomic E-state index is 0.0171. The van der Waals surface area contributed by atoms with Crippen LogP contribution in [0.15, 0.2) is 58.4 Å². The highest BCUT2D eigenvalue weighted by Gasteiger charge is 2.13. The molecular formula is C19H16N4O4S. The van der Waals surface area contributed by atoms with Crippen LogP contribution in [-0.2, 0) is 0 Å². The lowest BCUT2D eigenvalue weighted by molar-refractivity contribution is 0.0952. The Hall–Kier alpha value is -3.72. The molecule has 1 amide bonds. The smallest absolute Gasteiger partial charge is 0.275 e. The summed E-state index contributed by atoms with van der Waals surface area (Å²) in [4.78, 5) is 26.7. The molecule has 1 aromatic heterocycles. The predicted octanol–water partition coefficient (Wildman–Crippen LogP) is 2.38. The molecule has 0 bridgehead atoms. The Morgan fingerprint density at radius 3 is 2.68 bits per heavy atom. The number of phenols is 1. The van der Waals surface area contributed by atoms with E-state index in [1.807, 2.05) is 13.0 Å². The van der Waals surface area contributed by atoms with Crippen LogP contribution in [-0.4, -0.2) is 31.9 Å². The molecule has 0 aliphatic heterocycles. The summed E-state index contributed by atoms with van der Waals surface area (Å²) in [7, 11) is 0. The van der Waals surface area contributed by atoms with Gasteiger partial charge in [0.25, 0.3) is 11.5 Å². The van der Waals surface area contributed by atoms with Gasteiger partial charge < -0.3 is 10.2 Å². The van der Waals surface area contributed by atoms with Gasteiger partial charge in [-0.1, -0.05) is 24.3 Å². The number of nitrogens with zero attached hydrogens (tertiary/aromatic N) is 2. The number of hydrazone groups is 1. The van der Waals surface area contributed by atoms with Crippen molar-refractivity contribution in [1.82, 2.24) is 15.0 Å². The molecular weight excluding hydrogens is 380 g/mol. The second-order valence-corrected chi connectivity index (χ2v) is 6.27. The SMILES string of the molecule is Cc1cccc(-n2c(O)c(/C=N/NC(=O)c3ccccc3O)c(=O)[nH]c2=S)c1. The lowest BCUT2D eigenvalue weighted by atomic mass is 10.2. The Labute approximate surface area is 164 Å². The van der Waals surface area contributed by atoms with Crippen LogP contribution in [0.1, 0.15) is 21.5 Å². The van der Waals surface area contributed by atoms with Crippen molar-refractivity contribution in [2.24, 2.45) is 5.10 Å². The van der Waals surface area contributed by atoms with Crippen LogP contribution in [0.2, 0.25) is 0 Å². The molecule has 0 aliphatic rings. The maximum atomic E-state index is 12.2. The van der Waals surface area contributed by atoms with Crippen LogP contribution in [0, 0.1) is 11.7 Å². The number of aromatic nitrogens is 2. The molecule has 0 unspecified atom stereocenters. The predicted molar refractivity (Wildman–Crippen MR) is 107 cm³/mol. The third-order valence-electron chi connectivity index (χ3n) is 3.89. The van der Waals surface area contributed by atoms with Crippen molar-refractivity contribution < 1.29 is 15.0 Å². The van der Waals surface area contributed by atoms with Gasteiger partial charge in [-0.2, -0.15) is 5.10 Å². The van der Waals surface area contributed by atoms with Gasteiger partial charge in [0.1, 0.15) is 11.3 Å². The van der Waals surface area contributed by atoms with Crippen LogP contribution in [0.4, 0.5) is 0 Å². The largest absolute Gasteiger partial charge is 0.507 e. The summed E-state index contributed by atoms with van der Waals surface area (Å²) in [6.07, 6.45) is 1.01. The summed E-state index contributed by atoms with van der Waals surface area (Å²) in [5, 5.41) is 23.9. The summed E-state index contributed by atoms with van der Waals surface area (Å²) in [5.41, 5.74) is 2.87. The van der Waals surface area contributed by atoms with E-state index < -0.39 is 17.3 Å². The molecule has 4 N–H and O–H groups in total. The van der Waals surface area contributed by atoms with E-state index in [1.54, 1.807) is 30.3 Å². The fraction of sp³-hybridized carbons (Fsp3) is 0.0526. The lowest BCUT2D eigenvalue weighted by Crippen LogP contribution is -2.21. The Morgan fingerprint density at radius 2 is 1.96 bits per heavy atom. The number of carbonyl (C=O) groups is 1. The van der Waals surface area contributed by atoms with Gasteiger partial charge in [0.15, 0.2) is 4.77 Å². The molecule has 3 rings (SSSR count). The normalized spacial score (nSPS) is 10.9. The van der Waals surface area contributed by atoms with E-state index in [-0.39, 0.29) is 21.6 Å². The van der Waals surface area contributed by atoms with E-state index in [0.29, 0.717) is 5.69 Å². The number of hydrogen-bond donors (Lipinski definition) is 4. The van der Waals surface area contributed by atoms with Gasteiger partial charge in [0.2, 0.25) is 5.88 Å². The molecule has 28 heavy (non-hydrogen) atoms. The first-order valence-corrected chi connectivity index (χ1v) is 8.56. The van der Waals surface area contributed by atoms with Crippen molar-refractivity contribution in [3.8, 4) is 17.3 Å². The van der Waals surface area contributed by atoms with Gasteiger partial charge in [-0.05, 0) is 49.0 Å². The summed E-state index contributed by atoms with van der Waals surface area (Å²) >= 11 is 5.15. The van der Waals surface area contributed by atoms with Crippen molar-refractivity contribution in [1.29, 1.82) is 0 Å². The van der Waals surface area contributed by atoms with Crippen molar-refractivity contribution >= 4 is 24.3 Å². The minimum atomic E-state index is -0.670. The first kappa shape index (κ1) is 19.1. The number of aryl methyl sites for hydroxylation is 1. The van der Waals surface area contributed by atoms with Crippen molar-refractivity contribution in [3.05, 3.63) is 80.3 Å². The highest BCUT2D eigenvalue weighted by Crippen LogP contribution is 2.19. The number of hydrogen-bond acceptors (Lipinski definition) is 6. The standard InChI is InChI=1S/C19H16N4O4S/c1-11-5-4-6-12(9-11)23-18(27)14(16(25)21-19(23)28)10-20-22-17(26)13-7-2-3-8-15(13)24/h2-10,24,27H,1H3,(H,22,26)(H,21,25,28)/b20-10+. The second kappa shape index (κ2) is 7.89. The van der Waals surface area contributed by atoms with E-state index in [1.165, 1.54) is 16.7 Å². The molecule has 142 valence electrons. The van der Waals surface area contributed by atoms with Gasteiger partial charge in [-0.25, -0.2) is 5.43 Å². The summed E-state index contributed by atoms with van der Waals surface area (Å²) < 4.78 is 1.30. The Kier molecular flexibility index (Phi) is 5.37. The molecule has 0 fully saturated rings. The Balaban J connectivity index is 1.94. The molecule has 0 aliphatic carbocycles. The first-order chi connectivity index (χ1) is 13.4. The summed E-state index contributed by atoms with van der Waals surface area (Å²) in [6, 6.07) is 13.1. The Bertz CT molecular complexity index is 1200. The van der Waals surface area contributed by atoms with Crippen molar-refractivity contribution in [2.45, 2.75) is 6.92 Å². The average molecular weight is 396 g/mol. The lowest BCUT2D eigenvalue weighted by Gasteiger charge is -2.11. The molecule has 0 spiro atoms. The van der Waals surface area contributed by atoms with E-state index in [2.05, 4.69) is 15.5 Å². The first-order valence-electron chi connectivity index (χ1n) is 8.15. The van der Waals surface area contributed by atoms with Crippen LogP contribution in [0.3, 0.4) is 0 Å².